The predicted molar refractivity (Wildman–Crippen MR) is 79.4 cm³/mol. The van der Waals surface area contributed by atoms with Gasteiger partial charge in [-0.25, -0.2) is 0 Å². The van der Waals surface area contributed by atoms with Gasteiger partial charge >= 0.3 is 0 Å². The van der Waals surface area contributed by atoms with E-state index in [4.69, 9.17) is 0 Å². The summed E-state index contributed by atoms with van der Waals surface area (Å²) in [5.41, 5.74) is 1.11. The summed E-state index contributed by atoms with van der Waals surface area (Å²) in [5, 5.41) is 11.0. The van der Waals surface area contributed by atoms with E-state index in [9.17, 15) is 4.79 Å². The van der Waals surface area contributed by atoms with Crippen LogP contribution < -0.4 is 5.32 Å². The quantitative estimate of drug-likeness (QED) is 0.844. The molecule has 6 nitrogen and oxygen atoms in total. The number of carbonyl (C=O) groups is 1. The summed E-state index contributed by atoms with van der Waals surface area (Å²) >= 11 is 0. The van der Waals surface area contributed by atoms with Gasteiger partial charge < -0.3 is 9.88 Å². The number of pyridine rings is 1. The van der Waals surface area contributed by atoms with Crippen molar-refractivity contribution in [2.24, 2.45) is 0 Å². The van der Waals surface area contributed by atoms with Gasteiger partial charge in [-0.1, -0.05) is 6.92 Å². The second-order valence-electron chi connectivity index (χ2n) is 5.03. The Morgan fingerprint density at radius 3 is 2.86 bits per heavy atom. The first kappa shape index (κ1) is 15.2. The van der Waals surface area contributed by atoms with Crippen LogP contribution in [0.4, 0.5) is 0 Å². The highest BCUT2D eigenvalue weighted by Crippen LogP contribution is 2.10. The van der Waals surface area contributed by atoms with Gasteiger partial charge in [0, 0.05) is 25.4 Å². The first-order valence-corrected chi connectivity index (χ1v) is 7.26. The molecule has 0 saturated heterocycles. The van der Waals surface area contributed by atoms with Crippen LogP contribution in [-0.4, -0.2) is 25.7 Å². The largest absolute Gasteiger partial charge is 0.346 e. The normalized spacial score (nSPS) is 12.1. The van der Waals surface area contributed by atoms with E-state index in [-0.39, 0.29) is 11.9 Å². The number of aromatic nitrogens is 4. The molecule has 0 bridgehead atoms. The SMILES string of the molecule is CCCn1cnnc1[C@H](C)NC(=O)CCc1ccncc1. The van der Waals surface area contributed by atoms with E-state index >= 15 is 0 Å². The maximum atomic E-state index is 12.0. The molecule has 2 rings (SSSR count). The zero-order chi connectivity index (χ0) is 15.1. The molecule has 1 N–H and O–H groups in total. The average molecular weight is 287 g/mol. The van der Waals surface area contributed by atoms with Crippen molar-refractivity contribution in [2.75, 3.05) is 0 Å². The van der Waals surface area contributed by atoms with Crippen LogP contribution in [0.5, 0.6) is 0 Å². The fourth-order valence-corrected chi connectivity index (χ4v) is 2.20. The van der Waals surface area contributed by atoms with Crippen molar-refractivity contribution in [3.05, 3.63) is 42.2 Å². The third kappa shape index (κ3) is 4.37. The van der Waals surface area contributed by atoms with E-state index in [1.807, 2.05) is 23.6 Å². The van der Waals surface area contributed by atoms with Gasteiger partial charge in [-0.3, -0.25) is 9.78 Å². The highest BCUT2D eigenvalue weighted by molar-refractivity contribution is 5.76. The van der Waals surface area contributed by atoms with Crippen LogP contribution in [-0.2, 0) is 17.8 Å². The summed E-state index contributed by atoms with van der Waals surface area (Å²) in [6, 6.07) is 3.72. The Morgan fingerprint density at radius 1 is 1.38 bits per heavy atom. The molecule has 0 unspecified atom stereocenters. The first-order chi connectivity index (χ1) is 10.2. The lowest BCUT2D eigenvalue weighted by molar-refractivity contribution is -0.121. The first-order valence-electron chi connectivity index (χ1n) is 7.26. The van der Waals surface area contributed by atoms with E-state index in [1.54, 1.807) is 18.7 Å². The van der Waals surface area contributed by atoms with Crippen molar-refractivity contribution in [1.82, 2.24) is 25.1 Å². The van der Waals surface area contributed by atoms with Gasteiger partial charge in [-0.2, -0.15) is 0 Å². The molecule has 2 heterocycles. The Labute approximate surface area is 124 Å². The van der Waals surface area contributed by atoms with Gasteiger partial charge in [0.2, 0.25) is 5.91 Å². The molecule has 1 amide bonds. The van der Waals surface area contributed by atoms with E-state index < -0.39 is 0 Å². The topological polar surface area (TPSA) is 72.7 Å². The number of carbonyl (C=O) groups excluding carboxylic acids is 1. The predicted octanol–water partition coefficient (Wildman–Crippen LogP) is 1.89. The average Bonchev–Trinajstić information content (AvgIpc) is 2.95. The molecule has 2 aromatic heterocycles. The lowest BCUT2D eigenvalue weighted by Crippen LogP contribution is -2.28. The highest BCUT2D eigenvalue weighted by atomic mass is 16.1. The van der Waals surface area contributed by atoms with Gasteiger partial charge in [0.1, 0.15) is 6.33 Å². The Bertz CT molecular complexity index is 566. The van der Waals surface area contributed by atoms with Crippen LogP contribution in [0.2, 0.25) is 0 Å². The summed E-state index contributed by atoms with van der Waals surface area (Å²) in [6.07, 6.45) is 7.36. The molecule has 0 aromatic carbocycles. The van der Waals surface area contributed by atoms with Crippen LogP contribution in [0.1, 0.15) is 44.1 Å². The minimum atomic E-state index is -0.135. The van der Waals surface area contributed by atoms with Gasteiger partial charge in [0.05, 0.1) is 6.04 Å². The Hall–Kier alpha value is -2.24. The lowest BCUT2D eigenvalue weighted by atomic mass is 10.1. The fourth-order valence-electron chi connectivity index (χ4n) is 2.20. The van der Waals surface area contributed by atoms with Crippen molar-refractivity contribution >= 4 is 5.91 Å². The molecule has 112 valence electrons. The van der Waals surface area contributed by atoms with Crippen LogP contribution in [0.3, 0.4) is 0 Å². The maximum absolute atomic E-state index is 12.0. The lowest BCUT2D eigenvalue weighted by Gasteiger charge is -2.14. The zero-order valence-electron chi connectivity index (χ0n) is 12.5. The van der Waals surface area contributed by atoms with Crippen LogP contribution in [0.25, 0.3) is 0 Å². The second-order valence-corrected chi connectivity index (χ2v) is 5.03. The Balaban J connectivity index is 1.85. The third-order valence-electron chi connectivity index (χ3n) is 3.26. The molecule has 0 aliphatic heterocycles. The van der Waals surface area contributed by atoms with Gasteiger partial charge in [-0.05, 0) is 37.5 Å². The van der Waals surface area contributed by atoms with Gasteiger partial charge in [-0.15, -0.1) is 10.2 Å². The summed E-state index contributed by atoms with van der Waals surface area (Å²) < 4.78 is 1.98. The molecule has 0 fully saturated rings. The number of aryl methyl sites for hydroxylation is 2. The van der Waals surface area contributed by atoms with Crippen molar-refractivity contribution in [1.29, 1.82) is 0 Å². The van der Waals surface area contributed by atoms with E-state index in [2.05, 4.69) is 27.4 Å². The summed E-state index contributed by atoms with van der Waals surface area (Å²) in [4.78, 5) is 16.0. The molecule has 0 spiro atoms. The van der Waals surface area contributed by atoms with Crippen molar-refractivity contribution in [2.45, 2.75) is 45.7 Å². The molecule has 21 heavy (non-hydrogen) atoms. The van der Waals surface area contributed by atoms with Crippen molar-refractivity contribution < 1.29 is 4.79 Å². The minimum absolute atomic E-state index is 0.0189. The van der Waals surface area contributed by atoms with E-state index in [0.717, 1.165) is 24.4 Å². The monoisotopic (exact) mass is 287 g/mol. The Morgan fingerprint density at radius 2 is 2.14 bits per heavy atom. The number of nitrogens with zero attached hydrogens (tertiary/aromatic N) is 4. The number of rotatable bonds is 7. The van der Waals surface area contributed by atoms with Crippen molar-refractivity contribution in [3.8, 4) is 0 Å². The number of hydrogen-bond acceptors (Lipinski definition) is 4. The molecular weight excluding hydrogens is 266 g/mol. The van der Waals surface area contributed by atoms with Crippen molar-refractivity contribution in [3.63, 3.8) is 0 Å². The molecule has 0 aliphatic carbocycles. The third-order valence-corrected chi connectivity index (χ3v) is 3.26. The molecular formula is C15H21N5O. The highest BCUT2D eigenvalue weighted by Gasteiger charge is 2.15. The Kier molecular flexibility index (Phi) is 5.43. The molecule has 0 aliphatic rings. The summed E-state index contributed by atoms with van der Waals surface area (Å²) in [6.45, 7) is 4.89. The van der Waals surface area contributed by atoms with E-state index in [1.165, 1.54) is 0 Å². The molecule has 2 aromatic rings. The molecule has 6 heteroatoms. The second kappa shape index (κ2) is 7.52. The smallest absolute Gasteiger partial charge is 0.220 e. The minimum Gasteiger partial charge on any atom is -0.346 e. The van der Waals surface area contributed by atoms with Gasteiger partial charge in [0.25, 0.3) is 0 Å². The number of nitrogens with one attached hydrogen (secondary N) is 1. The number of amides is 1. The maximum Gasteiger partial charge on any atom is 0.220 e. The molecule has 0 saturated carbocycles. The standard InChI is InChI=1S/C15H21N5O/c1-3-10-20-11-17-19-15(20)12(2)18-14(21)5-4-13-6-8-16-9-7-13/h6-9,11-12H,3-5,10H2,1-2H3,(H,18,21)/t12-/m0/s1. The zero-order valence-corrected chi connectivity index (χ0v) is 12.5. The van der Waals surface area contributed by atoms with E-state index in [0.29, 0.717) is 12.8 Å². The molecule has 1 atom stereocenters. The summed E-state index contributed by atoms with van der Waals surface area (Å²) in [7, 11) is 0. The van der Waals surface area contributed by atoms with Crippen LogP contribution in [0.15, 0.2) is 30.9 Å². The number of hydrogen-bond donors (Lipinski definition) is 1. The summed E-state index contributed by atoms with van der Waals surface area (Å²) in [5.74, 6) is 0.819. The fraction of sp³-hybridized carbons (Fsp3) is 0.467. The molecule has 0 radical (unpaired) electrons. The van der Waals surface area contributed by atoms with Crippen LogP contribution >= 0.6 is 0 Å². The van der Waals surface area contributed by atoms with Gasteiger partial charge in [0.15, 0.2) is 5.82 Å². The van der Waals surface area contributed by atoms with Crippen LogP contribution in [0, 0.1) is 0 Å².